The van der Waals surface area contributed by atoms with Crippen LogP contribution in [0.2, 0.25) is 5.02 Å². The third-order valence-electron chi connectivity index (χ3n) is 2.89. The molecule has 0 saturated heterocycles. The molecule has 0 spiro atoms. The normalized spacial score (nSPS) is 10.4. The van der Waals surface area contributed by atoms with Gasteiger partial charge in [-0.3, -0.25) is 9.59 Å². The zero-order valence-electron chi connectivity index (χ0n) is 12.3. The zero-order valence-corrected chi connectivity index (χ0v) is 13.0. The molecule has 0 saturated carbocycles. The Morgan fingerprint density at radius 3 is 2.29 bits per heavy atom. The molecule has 0 aliphatic heterocycles. The Morgan fingerprint density at radius 2 is 1.67 bits per heavy atom. The summed E-state index contributed by atoms with van der Waals surface area (Å²) in [5.74, 6) is -2.43. The summed E-state index contributed by atoms with van der Waals surface area (Å²) < 4.78 is 0. The molecule has 2 aromatic rings. The lowest BCUT2D eigenvalue weighted by Gasteiger charge is -2.09. The van der Waals surface area contributed by atoms with E-state index in [1.165, 1.54) is 18.2 Å². The average molecular weight is 344 g/mol. The average Bonchev–Trinajstić information content (AvgIpc) is 2.56. The predicted octanol–water partition coefficient (Wildman–Crippen LogP) is 1.84. The van der Waals surface area contributed by atoms with Crippen molar-refractivity contribution >= 4 is 40.8 Å². The van der Waals surface area contributed by atoms with Crippen LogP contribution in [0.4, 0.5) is 11.4 Å². The van der Waals surface area contributed by atoms with E-state index in [9.17, 15) is 19.5 Å². The summed E-state index contributed by atoms with van der Waals surface area (Å²) in [5.41, 5.74) is 1.22. The lowest BCUT2D eigenvalue weighted by atomic mass is 10.2. The third-order valence-corrected chi connectivity index (χ3v) is 3.20. The van der Waals surface area contributed by atoms with Crippen LogP contribution in [0.15, 0.2) is 60.7 Å². The number of rotatable bonds is 5. The smallest absolute Gasteiger partial charge is 0.255 e. The Labute approximate surface area is 142 Å². The standard InChI is InChI=1S/C17H13ClN2O4/c18-13-10-12(19-15(21)8-9-16(22)23)6-7-14(13)20-17(24)11-4-2-1-3-5-11/h1-10H,(H,19,21)(H,20,24)(H,22,23)/p-1/b9-8+. The second kappa shape index (κ2) is 7.94. The van der Waals surface area contributed by atoms with Crippen molar-refractivity contribution in [1.82, 2.24) is 0 Å². The van der Waals surface area contributed by atoms with E-state index in [-0.39, 0.29) is 10.9 Å². The first kappa shape index (κ1) is 17.2. The van der Waals surface area contributed by atoms with Gasteiger partial charge in [0.15, 0.2) is 0 Å². The van der Waals surface area contributed by atoms with E-state index in [2.05, 4.69) is 10.6 Å². The third kappa shape index (κ3) is 4.96. The molecule has 122 valence electrons. The van der Waals surface area contributed by atoms with Crippen molar-refractivity contribution in [2.75, 3.05) is 10.6 Å². The Kier molecular flexibility index (Phi) is 5.70. The fraction of sp³-hybridized carbons (Fsp3) is 0. The number of halogens is 1. The van der Waals surface area contributed by atoms with Gasteiger partial charge in [-0.25, -0.2) is 0 Å². The van der Waals surface area contributed by atoms with Gasteiger partial charge in [0.25, 0.3) is 5.91 Å². The molecule has 2 aromatic carbocycles. The SMILES string of the molecule is O=C([O-])/C=C/C(=O)Nc1ccc(NC(=O)c2ccccc2)c(Cl)c1. The van der Waals surface area contributed by atoms with Gasteiger partial charge in [0, 0.05) is 17.3 Å². The highest BCUT2D eigenvalue weighted by Crippen LogP contribution is 2.26. The first-order valence-electron chi connectivity index (χ1n) is 6.81. The Morgan fingerprint density at radius 1 is 0.958 bits per heavy atom. The summed E-state index contributed by atoms with van der Waals surface area (Å²) in [6.45, 7) is 0. The summed E-state index contributed by atoms with van der Waals surface area (Å²) in [7, 11) is 0. The molecule has 0 aliphatic carbocycles. The van der Waals surface area contributed by atoms with Crippen molar-refractivity contribution in [3.8, 4) is 0 Å². The zero-order chi connectivity index (χ0) is 17.5. The summed E-state index contributed by atoms with van der Waals surface area (Å²) in [4.78, 5) is 33.8. The van der Waals surface area contributed by atoms with Crippen LogP contribution in [-0.4, -0.2) is 17.8 Å². The molecule has 7 heteroatoms. The topological polar surface area (TPSA) is 98.3 Å². The maximum absolute atomic E-state index is 12.1. The molecule has 2 N–H and O–H groups in total. The van der Waals surface area contributed by atoms with Gasteiger partial charge >= 0.3 is 0 Å². The first-order valence-corrected chi connectivity index (χ1v) is 7.19. The maximum Gasteiger partial charge on any atom is 0.255 e. The van der Waals surface area contributed by atoms with E-state index in [0.29, 0.717) is 23.0 Å². The minimum Gasteiger partial charge on any atom is -0.545 e. The van der Waals surface area contributed by atoms with Crippen LogP contribution in [-0.2, 0) is 9.59 Å². The van der Waals surface area contributed by atoms with Gasteiger partial charge in [0.1, 0.15) is 0 Å². The summed E-state index contributed by atoms with van der Waals surface area (Å²) >= 11 is 6.08. The second-order valence-electron chi connectivity index (χ2n) is 4.66. The molecule has 0 aromatic heterocycles. The number of anilines is 2. The second-order valence-corrected chi connectivity index (χ2v) is 5.06. The molecular weight excluding hydrogens is 332 g/mol. The number of carboxylic acids is 1. The predicted molar refractivity (Wildman–Crippen MR) is 88.6 cm³/mol. The molecule has 2 rings (SSSR count). The maximum atomic E-state index is 12.1. The van der Waals surface area contributed by atoms with Crippen LogP contribution in [0.3, 0.4) is 0 Å². The molecule has 24 heavy (non-hydrogen) atoms. The largest absolute Gasteiger partial charge is 0.545 e. The number of hydrogen-bond acceptors (Lipinski definition) is 4. The summed E-state index contributed by atoms with van der Waals surface area (Å²) in [5, 5.41) is 15.6. The van der Waals surface area contributed by atoms with Crippen LogP contribution < -0.4 is 15.7 Å². The van der Waals surface area contributed by atoms with Gasteiger partial charge in [-0.1, -0.05) is 29.8 Å². The van der Waals surface area contributed by atoms with Crippen LogP contribution in [0, 0.1) is 0 Å². The van der Waals surface area contributed by atoms with Crippen LogP contribution in [0.1, 0.15) is 10.4 Å². The molecule has 2 amide bonds. The van der Waals surface area contributed by atoms with E-state index < -0.39 is 11.9 Å². The Bertz CT molecular complexity index is 803. The molecule has 0 bridgehead atoms. The highest BCUT2D eigenvalue weighted by atomic mass is 35.5. The van der Waals surface area contributed by atoms with Crippen molar-refractivity contribution in [3.05, 3.63) is 71.3 Å². The van der Waals surface area contributed by atoms with Crippen molar-refractivity contribution in [2.45, 2.75) is 0 Å². The summed E-state index contributed by atoms with van der Waals surface area (Å²) in [6, 6.07) is 13.1. The number of nitrogens with one attached hydrogen (secondary N) is 2. The Balaban J connectivity index is 2.06. The molecule has 0 atom stereocenters. The molecule has 0 radical (unpaired) electrons. The van der Waals surface area contributed by atoms with Crippen molar-refractivity contribution in [1.29, 1.82) is 0 Å². The number of carbonyl (C=O) groups excluding carboxylic acids is 3. The monoisotopic (exact) mass is 343 g/mol. The first-order chi connectivity index (χ1) is 11.5. The lowest BCUT2D eigenvalue weighted by Crippen LogP contribution is -2.20. The van der Waals surface area contributed by atoms with Gasteiger partial charge in [-0.15, -0.1) is 0 Å². The van der Waals surface area contributed by atoms with Crippen molar-refractivity contribution < 1.29 is 19.5 Å². The molecule has 6 nitrogen and oxygen atoms in total. The molecule has 0 heterocycles. The van der Waals surface area contributed by atoms with Crippen LogP contribution in [0.5, 0.6) is 0 Å². The van der Waals surface area contributed by atoms with Crippen LogP contribution >= 0.6 is 11.6 Å². The number of carbonyl (C=O) groups is 3. The van der Waals surface area contributed by atoms with Gasteiger partial charge < -0.3 is 20.5 Å². The Hall–Kier alpha value is -3.12. The van der Waals surface area contributed by atoms with Crippen molar-refractivity contribution in [3.63, 3.8) is 0 Å². The van der Waals surface area contributed by atoms with Gasteiger partial charge in [-0.05, 0) is 36.4 Å². The molecular formula is C17H12ClN2O4-. The van der Waals surface area contributed by atoms with E-state index >= 15 is 0 Å². The van der Waals surface area contributed by atoms with Gasteiger partial charge in [0.05, 0.1) is 16.7 Å². The number of benzene rings is 2. The van der Waals surface area contributed by atoms with E-state index in [1.54, 1.807) is 30.3 Å². The van der Waals surface area contributed by atoms with Crippen molar-refractivity contribution in [2.24, 2.45) is 0 Å². The minimum absolute atomic E-state index is 0.223. The number of amides is 2. The fourth-order valence-electron chi connectivity index (χ4n) is 1.81. The lowest BCUT2D eigenvalue weighted by molar-refractivity contribution is -0.297. The highest BCUT2D eigenvalue weighted by molar-refractivity contribution is 6.34. The number of carboxylic acid groups (broad SMARTS) is 1. The minimum atomic E-state index is -1.47. The van der Waals surface area contributed by atoms with E-state index in [1.807, 2.05) is 0 Å². The van der Waals surface area contributed by atoms with Gasteiger partial charge in [0.2, 0.25) is 5.91 Å². The molecule has 0 aliphatic rings. The summed E-state index contributed by atoms with van der Waals surface area (Å²) in [6.07, 6.45) is 1.44. The quantitative estimate of drug-likeness (QED) is 0.809. The van der Waals surface area contributed by atoms with Gasteiger partial charge in [-0.2, -0.15) is 0 Å². The molecule has 0 fully saturated rings. The number of hydrogen-bond donors (Lipinski definition) is 2. The number of aliphatic carboxylic acids is 1. The van der Waals surface area contributed by atoms with E-state index in [4.69, 9.17) is 11.6 Å². The highest BCUT2D eigenvalue weighted by Gasteiger charge is 2.09. The fourth-order valence-corrected chi connectivity index (χ4v) is 2.03. The van der Waals surface area contributed by atoms with E-state index in [0.717, 1.165) is 6.08 Å². The van der Waals surface area contributed by atoms with Crippen LogP contribution in [0.25, 0.3) is 0 Å². The molecule has 0 unspecified atom stereocenters.